The average molecular weight is 277 g/mol. The van der Waals surface area contributed by atoms with Crippen LogP contribution in [0.25, 0.3) is 0 Å². The van der Waals surface area contributed by atoms with Gasteiger partial charge in [-0.25, -0.2) is 8.78 Å². The molecule has 1 aromatic rings. The van der Waals surface area contributed by atoms with Crippen LogP contribution in [0.5, 0.6) is 0 Å². The number of nitrogens with zero attached hydrogens (tertiary/aromatic N) is 1. The minimum Gasteiger partial charge on any atom is -0.314 e. The van der Waals surface area contributed by atoms with Crippen LogP contribution < -0.4 is 5.32 Å². The van der Waals surface area contributed by atoms with E-state index in [1.165, 1.54) is 12.1 Å². The van der Waals surface area contributed by atoms with Crippen LogP contribution in [0, 0.1) is 11.6 Å². The Labute approximate surface area is 113 Å². The highest BCUT2D eigenvalue weighted by atomic mass is 35.5. The topological polar surface area (TPSA) is 15.3 Å². The van der Waals surface area contributed by atoms with E-state index in [0.717, 1.165) is 44.2 Å². The van der Waals surface area contributed by atoms with Gasteiger partial charge >= 0.3 is 0 Å². The lowest BCUT2D eigenvalue weighted by atomic mass is 10.0. The van der Waals surface area contributed by atoms with E-state index in [9.17, 15) is 8.78 Å². The Kier molecular flexibility index (Phi) is 5.99. The van der Waals surface area contributed by atoms with Crippen molar-refractivity contribution in [2.24, 2.45) is 0 Å². The maximum Gasteiger partial charge on any atom is 0.126 e. The maximum absolute atomic E-state index is 13.2. The molecule has 0 saturated carbocycles. The fourth-order valence-corrected chi connectivity index (χ4v) is 2.47. The number of benzene rings is 1. The minimum atomic E-state index is -0.492. The number of halogens is 3. The third kappa shape index (κ3) is 3.64. The molecule has 0 bridgehead atoms. The lowest BCUT2D eigenvalue weighted by Crippen LogP contribution is -2.45. The predicted molar refractivity (Wildman–Crippen MR) is 71.1 cm³/mol. The van der Waals surface area contributed by atoms with Crippen molar-refractivity contribution in [2.45, 2.75) is 19.4 Å². The van der Waals surface area contributed by atoms with E-state index >= 15 is 0 Å². The Balaban J connectivity index is 0.00000162. The van der Waals surface area contributed by atoms with E-state index in [2.05, 4.69) is 17.1 Å². The third-order valence-corrected chi connectivity index (χ3v) is 3.25. The van der Waals surface area contributed by atoms with Crippen LogP contribution in [0.15, 0.2) is 18.2 Å². The molecule has 0 unspecified atom stereocenters. The van der Waals surface area contributed by atoms with E-state index < -0.39 is 11.6 Å². The first-order chi connectivity index (χ1) is 8.20. The summed E-state index contributed by atoms with van der Waals surface area (Å²) in [6, 6.07) is 3.93. The fraction of sp³-hybridized carbons (Fsp3) is 0.538. The van der Waals surface area contributed by atoms with Gasteiger partial charge in [0.2, 0.25) is 0 Å². The molecule has 102 valence electrons. The normalized spacial score (nSPS) is 18.2. The summed E-state index contributed by atoms with van der Waals surface area (Å²) in [5.74, 6) is -0.984. The van der Waals surface area contributed by atoms with Crippen molar-refractivity contribution in [2.75, 3.05) is 26.2 Å². The molecule has 1 aliphatic rings. The van der Waals surface area contributed by atoms with Crippen molar-refractivity contribution in [3.8, 4) is 0 Å². The van der Waals surface area contributed by atoms with Gasteiger partial charge in [0.25, 0.3) is 0 Å². The zero-order chi connectivity index (χ0) is 12.3. The molecule has 0 amide bonds. The van der Waals surface area contributed by atoms with Gasteiger partial charge < -0.3 is 5.32 Å². The molecule has 1 heterocycles. The molecule has 0 spiro atoms. The van der Waals surface area contributed by atoms with E-state index in [1.54, 1.807) is 0 Å². The Morgan fingerprint density at radius 1 is 1.17 bits per heavy atom. The molecular formula is C13H19ClF2N2. The van der Waals surface area contributed by atoms with Crippen molar-refractivity contribution in [1.82, 2.24) is 10.2 Å². The first-order valence-electron chi connectivity index (χ1n) is 6.11. The first-order valence-corrected chi connectivity index (χ1v) is 6.11. The van der Waals surface area contributed by atoms with Crippen molar-refractivity contribution in [3.05, 3.63) is 35.4 Å². The quantitative estimate of drug-likeness (QED) is 0.913. The summed E-state index contributed by atoms with van der Waals surface area (Å²) >= 11 is 0. The van der Waals surface area contributed by atoms with Gasteiger partial charge in [-0.3, -0.25) is 4.90 Å². The summed E-state index contributed by atoms with van der Waals surface area (Å²) in [6.07, 6.45) is 0.864. The zero-order valence-electron chi connectivity index (χ0n) is 10.5. The van der Waals surface area contributed by atoms with Crippen molar-refractivity contribution in [3.63, 3.8) is 0 Å². The van der Waals surface area contributed by atoms with Gasteiger partial charge in [-0.2, -0.15) is 0 Å². The molecule has 1 saturated heterocycles. The summed E-state index contributed by atoms with van der Waals surface area (Å²) in [4.78, 5) is 2.28. The Morgan fingerprint density at radius 3 is 2.22 bits per heavy atom. The molecule has 2 nitrogen and oxygen atoms in total. The first kappa shape index (κ1) is 15.3. The Hall–Kier alpha value is -0.710. The van der Waals surface area contributed by atoms with Gasteiger partial charge in [0.05, 0.1) is 0 Å². The zero-order valence-corrected chi connectivity index (χ0v) is 11.3. The SMILES string of the molecule is CC[C@@H](c1cc(F)cc(F)c1)N1CCNCC1.Cl. The number of piperazine rings is 1. The third-order valence-electron chi connectivity index (χ3n) is 3.25. The summed E-state index contributed by atoms with van der Waals surface area (Å²) in [6.45, 7) is 5.78. The van der Waals surface area contributed by atoms with Gasteiger partial charge in [-0.05, 0) is 24.1 Å². The average Bonchev–Trinajstić information content (AvgIpc) is 2.30. The largest absolute Gasteiger partial charge is 0.314 e. The molecule has 0 radical (unpaired) electrons. The molecule has 1 atom stereocenters. The molecule has 1 aliphatic heterocycles. The highest BCUT2D eigenvalue weighted by Crippen LogP contribution is 2.25. The van der Waals surface area contributed by atoms with Crippen LogP contribution >= 0.6 is 12.4 Å². The maximum atomic E-state index is 13.2. The van der Waals surface area contributed by atoms with Gasteiger partial charge in [0, 0.05) is 38.3 Å². The van der Waals surface area contributed by atoms with E-state index in [4.69, 9.17) is 0 Å². The van der Waals surface area contributed by atoms with Crippen LogP contribution in [0.4, 0.5) is 8.78 Å². The summed E-state index contributed by atoms with van der Waals surface area (Å²) in [7, 11) is 0. The second-order valence-corrected chi connectivity index (χ2v) is 4.41. The number of hydrogen-bond acceptors (Lipinski definition) is 2. The van der Waals surface area contributed by atoms with Crippen LogP contribution in [-0.2, 0) is 0 Å². The van der Waals surface area contributed by atoms with E-state index in [-0.39, 0.29) is 18.4 Å². The van der Waals surface area contributed by atoms with Crippen LogP contribution in [-0.4, -0.2) is 31.1 Å². The molecule has 1 N–H and O–H groups in total. The molecular weight excluding hydrogens is 258 g/mol. The number of nitrogens with one attached hydrogen (secondary N) is 1. The highest BCUT2D eigenvalue weighted by molar-refractivity contribution is 5.85. The molecule has 0 aromatic heterocycles. The second-order valence-electron chi connectivity index (χ2n) is 4.41. The van der Waals surface area contributed by atoms with Gasteiger partial charge in [0.1, 0.15) is 11.6 Å². The lowest BCUT2D eigenvalue weighted by Gasteiger charge is -2.34. The summed E-state index contributed by atoms with van der Waals surface area (Å²) in [5.41, 5.74) is 0.743. The van der Waals surface area contributed by atoms with Crippen molar-refractivity contribution in [1.29, 1.82) is 0 Å². The lowest BCUT2D eigenvalue weighted by molar-refractivity contribution is 0.169. The molecule has 5 heteroatoms. The van der Waals surface area contributed by atoms with Gasteiger partial charge in [0.15, 0.2) is 0 Å². The van der Waals surface area contributed by atoms with Gasteiger partial charge in [-0.1, -0.05) is 6.92 Å². The second kappa shape index (κ2) is 7.02. The minimum absolute atomic E-state index is 0. The summed E-state index contributed by atoms with van der Waals surface area (Å²) < 4.78 is 26.4. The van der Waals surface area contributed by atoms with Crippen molar-refractivity contribution < 1.29 is 8.78 Å². The number of rotatable bonds is 3. The van der Waals surface area contributed by atoms with Crippen LogP contribution in [0.3, 0.4) is 0 Å². The van der Waals surface area contributed by atoms with E-state index in [0.29, 0.717) is 0 Å². The van der Waals surface area contributed by atoms with Gasteiger partial charge in [-0.15, -0.1) is 12.4 Å². The van der Waals surface area contributed by atoms with E-state index in [1.807, 2.05) is 0 Å². The standard InChI is InChI=1S/C13H18F2N2.ClH/c1-2-13(17-5-3-16-4-6-17)10-7-11(14)9-12(15)8-10;/h7-9,13,16H,2-6H2,1H3;1H/t13-;/m0./s1. The predicted octanol–water partition coefficient (Wildman–Crippen LogP) is 2.74. The molecule has 18 heavy (non-hydrogen) atoms. The molecule has 2 rings (SSSR count). The molecule has 1 aromatic carbocycles. The molecule has 1 fully saturated rings. The summed E-state index contributed by atoms with van der Waals surface area (Å²) in [5, 5.41) is 3.28. The monoisotopic (exact) mass is 276 g/mol. The Morgan fingerprint density at radius 2 is 1.72 bits per heavy atom. The fourth-order valence-electron chi connectivity index (χ4n) is 2.47. The number of hydrogen-bond donors (Lipinski definition) is 1. The van der Waals surface area contributed by atoms with Crippen molar-refractivity contribution >= 4 is 12.4 Å². The van der Waals surface area contributed by atoms with Crippen LogP contribution in [0.2, 0.25) is 0 Å². The molecule has 0 aliphatic carbocycles. The smallest absolute Gasteiger partial charge is 0.126 e. The highest BCUT2D eigenvalue weighted by Gasteiger charge is 2.21. The Bertz CT molecular complexity index is 361. The van der Waals surface area contributed by atoms with Crippen LogP contribution in [0.1, 0.15) is 24.9 Å².